The van der Waals surface area contributed by atoms with E-state index in [0.717, 1.165) is 19.8 Å². The minimum atomic E-state index is 0.511. The highest BCUT2D eigenvalue weighted by Gasteiger charge is 2.15. The zero-order chi connectivity index (χ0) is 13.5. The molecule has 1 heterocycles. The van der Waals surface area contributed by atoms with Gasteiger partial charge in [-0.3, -0.25) is 0 Å². The molecule has 2 nitrogen and oxygen atoms in total. The number of benzene rings is 1. The lowest BCUT2D eigenvalue weighted by molar-refractivity contribution is 0.134. The molecule has 1 aliphatic heterocycles. The molecule has 1 aliphatic rings. The van der Waals surface area contributed by atoms with Crippen molar-refractivity contribution in [2.75, 3.05) is 6.54 Å². The van der Waals surface area contributed by atoms with Gasteiger partial charge in [0.15, 0.2) is 0 Å². The summed E-state index contributed by atoms with van der Waals surface area (Å²) >= 11 is 0. The lowest BCUT2D eigenvalue weighted by atomic mass is 9.97. The second-order valence-corrected chi connectivity index (χ2v) is 5.52. The van der Waals surface area contributed by atoms with Crippen molar-refractivity contribution in [2.45, 2.75) is 65.2 Å². The SMILES string of the molecule is CCCCCC(NCCC)c1ccc2c(c1)COC2. The van der Waals surface area contributed by atoms with E-state index < -0.39 is 0 Å². The number of ether oxygens (including phenoxy) is 1. The van der Waals surface area contributed by atoms with Gasteiger partial charge in [-0.05, 0) is 36.1 Å². The fraction of sp³-hybridized carbons (Fsp3) is 0.647. The van der Waals surface area contributed by atoms with E-state index in [1.54, 1.807) is 0 Å². The molecule has 1 N–H and O–H groups in total. The van der Waals surface area contributed by atoms with Crippen LogP contribution < -0.4 is 5.32 Å². The van der Waals surface area contributed by atoms with Crippen LogP contribution in [-0.2, 0) is 18.0 Å². The van der Waals surface area contributed by atoms with Crippen LogP contribution in [-0.4, -0.2) is 6.54 Å². The predicted octanol–water partition coefficient (Wildman–Crippen LogP) is 4.34. The van der Waals surface area contributed by atoms with Crippen LogP contribution in [0.5, 0.6) is 0 Å². The summed E-state index contributed by atoms with van der Waals surface area (Å²) in [5.74, 6) is 0. The number of nitrogens with one attached hydrogen (secondary N) is 1. The molecule has 106 valence electrons. The highest BCUT2D eigenvalue weighted by Crippen LogP contribution is 2.26. The van der Waals surface area contributed by atoms with E-state index in [-0.39, 0.29) is 0 Å². The number of hydrogen-bond donors (Lipinski definition) is 1. The molecule has 1 atom stereocenters. The number of rotatable bonds is 8. The van der Waals surface area contributed by atoms with E-state index >= 15 is 0 Å². The fourth-order valence-electron chi connectivity index (χ4n) is 2.71. The smallest absolute Gasteiger partial charge is 0.0725 e. The van der Waals surface area contributed by atoms with E-state index in [1.165, 1.54) is 48.8 Å². The predicted molar refractivity (Wildman–Crippen MR) is 80.1 cm³/mol. The second-order valence-electron chi connectivity index (χ2n) is 5.52. The monoisotopic (exact) mass is 261 g/mol. The molecule has 1 aromatic carbocycles. The van der Waals surface area contributed by atoms with Crippen LogP contribution in [0.3, 0.4) is 0 Å². The van der Waals surface area contributed by atoms with Crippen LogP contribution in [0, 0.1) is 0 Å². The number of unbranched alkanes of at least 4 members (excludes halogenated alkanes) is 2. The quantitative estimate of drug-likeness (QED) is 0.703. The zero-order valence-electron chi connectivity index (χ0n) is 12.4. The Morgan fingerprint density at radius 3 is 2.74 bits per heavy atom. The summed E-state index contributed by atoms with van der Waals surface area (Å²) < 4.78 is 5.51. The Labute approximate surface area is 117 Å². The van der Waals surface area contributed by atoms with E-state index in [1.807, 2.05) is 0 Å². The molecule has 0 saturated carbocycles. The lowest BCUT2D eigenvalue weighted by Gasteiger charge is -2.19. The van der Waals surface area contributed by atoms with Crippen molar-refractivity contribution in [1.29, 1.82) is 0 Å². The first-order chi connectivity index (χ1) is 9.35. The van der Waals surface area contributed by atoms with E-state index in [0.29, 0.717) is 6.04 Å². The van der Waals surface area contributed by atoms with Crippen LogP contribution >= 0.6 is 0 Å². The first-order valence-electron chi connectivity index (χ1n) is 7.78. The summed E-state index contributed by atoms with van der Waals surface area (Å²) in [5, 5.41) is 3.69. The molecule has 0 saturated heterocycles. The normalized spacial score (nSPS) is 15.5. The summed E-state index contributed by atoms with van der Waals surface area (Å²) in [5.41, 5.74) is 4.19. The standard InChI is InChI=1S/C17H27NO/c1-3-5-6-7-17(18-10-4-2)14-8-9-15-12-19-13-16(15)11-14/h8-9,11,17-18H,3-7,10,12-13H2,1-2H3. The Balaban J connectivity index is 2.03. The van der Waals surface area contributed by atoms with Gasteiger partial charge in [0, 0.05) is 6.04 Å². The molecule has 2 heteroatoms. The van der Waals surface area contributed by atoms with Gasteiger partial charge in [-0.2, -0.15) is 0 Å². The molecule has 0 fully saturated rings. The summed E-state index contributed by atoms with van der Waals surface area (Å²) in [7, 11) is 0. The van der Waals surface area contributed by atoms with Crippen molar-refractivity contribution in [3.63, 3.8) is 0 Å². The number of fused-ring (bicyclic) bond motifs is 1. The van der Waals surface area contributed by atoms with Crippen LogP contribution in [0.4, 0.5) is 0 Å². The zero-order valence-corrected chi connectivity index (χ0v) is 12.4. The van der Waals surface area contributed by atoms with Gasteiger partial charge in [0.2, 0.25) is 0 Å². The molecule has 0 amide bonds. The third-order valence-corrected chi connectivity index (χ3v) is 3.88. The van der Waals surface area contributed by atoms with Crippen molar-refractivity contribution in [2.24, 2.45) is 0 Å². The highest BCUT2D eigenvalue weighted by molar-refractivity contribution is 5.34. The minimum absolute atomic E-state index is 0.511. The summed E-state index contributed by atoms with van der Waals surface area (Å²) in [6, 6.07) is 7.39. The maximum absolute atomic E-state index is 5.51. The molecule has 0 aliphatic carbocycles. The number of hydrogen-bond acceptors (Lipinski definition) is 2. The van der Waals surface area contributed by atoms with Crippen LogP contribution in [0.2, 0.25) is 0 Å². The van der Waals surface area contributed by atoms with Crippen molar-refractivity contribution < 1.29 is 4.74 Å². The Bertz CT molecular complexity index is 389. The molecule has 0 bridgehead atoms. The van der Waals surface area contributed by atoms with Crippen molar-refractivity contribution in [3.05, 3.63) is 34.9 Å². The Hall–Kier alpha value is -0.860. The van der Waals surface area contributed by atoms with Gasteiger partial charge in [-0.15, -0.1) is 0 Å². The fourth-order valence-corrected chi connectivity index (χ4v) is 2.71. The molecular formula is C17H27NO. The molecule has 2 rings (SSSR count). The molecule has 0 spiro atoms. The summed E-state index contributed by atoms with van der Waals surface area (Å²) in [6.45, 7) is 7.18. The Kier molecular flexibility index (Phi) is 5.87. The van der Waals surface area contributed by atoms with Crippen molar-refractivity contribution >= 4 is 0 Å². The van der Waals surface area contributed by atoms with Gasteiger partial charge < -0.3 is 10.1 Å². The molecule has 0 aromatic heterocycles. The maximum Gasteiger partial charge on any atom is 0.0725 e. The van der Waals surface area contributed by atoms with Crippen LogP contribution in [0.1, 0.15) is 68.7 Å². The summed E-state index contributed by atoms with van der Waals surface area (Å²) in [6.07, 6.45) is 6.37. The maximum atomic E-state index is 5.51. The average Bonchev–Trinajstić information content (AvgIpc) is 2.90. The topological polar surface area (TPSA) is 21.3 Å². The van der Waals surface area contributed by atoms with Crippen molar-refractivity contribution in [3.8, 4) is 0 Å². The minimum Gasteiger partial charge on any atom is -0.372 e. The van der Waals surface area contributed by atoms with Gasteiger partial charge in [0.05, 0.1) is 13.2 Å². The van der Waals surface area contributed by atoms with E-state index in [9.17, 15) is 0 Å². The summed E-state index contributed by atoms with van der Waals surface area (Å²) in [4.78, 5) is 0. The largest absolute Gasteiger partial charge is 0.372 e. The third kappa shape index (κ3) is 4.05. The van der Waals surface area contributed by atoms with Crippen molar-refractivity contribution in [1.82, 2.24) is 5.32 Å². The van der Waals surface area contributed by atoms with Gasteiger partial charge in [0.1, 0.15) is 0 Å². The Morgan fingerprint density at radius 2 is 1.95 bits per heavy atom. The van der Waals surface area contributed by atoms with Gasteiger partial charge in [0.25, 0.3) is 0 Å². The Morgan fingerprint density at radius 1 is 1.11 bits per heavy atom. The first kappa shape index (κ1) is 14.5. The average molecular weight is 261 g/mol. The van der Waals surface area contributed by atoms with Crippen LogP contribution in [0.25, 0.3) is 0 Å². The van der Waals surface area contributed by atoms with Gasteiger partial charge in [-0.25, -0.2) is 0 Å². The second kappa shape index (κ2) is 7.66. The van der Waals surface area contributed by atoms with Crippen LogP contribution in [0.15, 0.2) is 18.2 Å². The lowest BCUT2D eigenvalue weighted by Crippen LogP contribution is -2.22. The molecular weight excluding hydrogens is 234 g/mol. The molecule has 19 heavy (non-hydrogen) atoms. The van der Waals surface area contributed by atoms with Gasteiger partial charge in [-0.1, -0.05) is 51.3 Å². The van der Waals surface area contributed by atoms with Gasteiger partial charge >= 0.3 is 0 Å². The van der Waals surface area contributed by atoms with E-state index in [2.05, 4.69) is 37.4 Å². The molecule has 1 unspecified atom stereocenters. The highest BCUT2D eigenvalue weighted by atomic mass is 16.5. The molecule has 0 radical (unpaired) electrons. The molecule has 1 aromatic rings. The first-order valence-corrected chi connectivity index (χ1v) is 7.78. The van der Waals surface area contributed by atoms with E-state index in [4.69, 9.17) is 4.74 Å². The third-order valence-electron chi connectivity index (χ3n) is 3.88.